The largest absolute Gasteiger partial charge is 0.394 e. The molecule has 0 amide bonds. The van der Waals surface area contributed by atoms with E-state index in [-0.39, 0.29) is 13.1 Å². The molecular weight excluding hydrogens is 143 g/mol. The van der Waals surface area contributed by atoms with Gasteiger partial charge in [0.05, 0.1) is 5.92 Å². The summed E-state index contributed by atoms with van der Waals surface area (Å²) in [6.07, 6.45) is -3.97. The van der Waals surface area contributed by atoms with Gasteiger partial charge >= 0.3 is 6.18 Å². The fraction of sp³-hybridized carbons (Fsp3) is 1.00. The lowest BCUT2D eigenvalue weighted by atomic mass is 10.0. The maximum Gasteiger partial charge on any atom is 0.394 e. The van der Waals surface area contributed by atoms with Crippen molar-refractivity contribution in [1.29, 1.82) is 0 Å². The zero-order chi connectivity index (χ0) is 7.78. The molecule has 1 aliphatic rings. The van der Waals surface area contributed by atoms with Gasteiger partial charge in [-0.25, -0.2) is 0 Å². The van der Waals surface area contributed by atoms with E-state index in [1.807, 2.05) is 6.92 Å². The minimum atomic E-state index is -3.97. The maximum atomic E-state index is 11.8. The molecule has 1 rings (SSSR count). The third-order valence-electron chi connectivity index (χ3n) is 1.87. The zero-order valence-electron chi connectivity index (χ0n) is 5.78. The molecule has 0 bridgehead atoms. The molecule has 0 saturated carbocycles. The van der Waals surface area contributed by atoms with Crippen LogP contribution in [0.3, 0.4) is 0 Å². The second-order valence-corrected chi connectivity index (χ2v) is 2.59. The van der Waals surface area contributed by atoms with Crippen LogP contribution in [0.15, 0.2) is 0 Å². The Morgan fingerprint density at radius 1 is 1.40 bits per heavy atom. The van der Waals surface area contributed by atoms with Crippen LogP contribution in [-0.2, 0) is 0 Å². The first-order valence-corrected chi connectivity index (χ1v) is 3.33. The van der Waals surface area contributed by atoms with Crippen LogP contribution in [0.2, 0.25) is 0 Å². The summed E-state index contributed by atoms with van der Waals surface area (Å²) in [5.41, 5.74) is 0. The summed E-state index contributed by atoms with van der Waals surface area (Å²) >= 11 is 0. The molecule has 1 saturated heterocycles. The number of likely N-dealkylation sites (tertiary alicyclic amines) is 1. The minimum Gasteiger partial charge on any atom is -0.302 e. The Labute approximate surface area is 57.8 Å². The van der Waals surface area contributed by atoms with Crippen molar-refractivity contribution in [2.45, 2.75) is 13.1 Å². The van der Waals surface area contributed by atoms with Gasteiger partial charge in [-0.3, -0.25) is 0 Å². The van der Waals surface area contributed by atoms with E-state index in [1.165, 1.54) is 0 Å². The molecule has 1 fully saturated rings. The van der Waals surface area contributed by atoms with Crippen LogP contribution in [0.5, 0.6) is 0 Å². The molecule has 10 heavy (non-hydrogen) atoms. The third-order valence-corrected chi connectivity index (χ3v) is 1.87. The van der Waals surface area contributed by atoms with E-state index in [1.54, 1.807) is 4.90 Å². The van der Waals surface area contributed by atoms with Gasteiger partial charge in [0, 0.05) is 13.1 Å². The smallest absolute Gasteiger partial charge is 0.302 e. The summed E-state index contributed by atoms with van der Waals surface area (Å²) in [5, 5.41) is 0. The third kappa shape index (κ3) is 1.42. The molecule has 1 nitrogen and oxygen atoms in total. The predicted octanol–water partition coefficient (Wildman–Crippen LogP) is 1.50. The van der Waals surface area contributed by atoms with E-state index in [0.717, 1.165) is 6.54 Å². The topological polar surface area (TPSA) is 3.24 Å². The van der Waals surface area contributed by atoms with Gasteiger partial charge in [-0.15, -0.1) is 0 Å². The van der Waals surface area contributed by atoms with Crippen molar-refractivity contribution < 1.29 is 13.2 Å². The normalized spacial score (nSPS) is 22.8. The molecule has 4 heteroatoms. The molecule has 0 N–H and O–H groups in total. The average Bonchev–Trinajstić information content (AvgIpc) is 1.57. The lowest BCUT2D eigenvalue weighted by Crippen LogP contribution is -2.52. The van der Waals surface area contributed by atoms with Gasteiger partial charge in [0.1, 0.15) is 0 Å². The summed E-state index contributed by atoms with van der Waals surface area (Å²) in [7, 11) is 0. The second kappa shape index (κ2) is 2.42. The quantitative estimate of drug-likeness (QED) is 0.551. The minimum absolute atomic E-state index is 0.194. The van der Waals surface area contributed by atoms with Crippen LogP contribution in [0.1, 0.15) is 6.92 Å². The molecule has 1 heterocycles. The molecule has 0 aromatic carbocycles. The maximum absolute atomic E-state index is 11.8. The molecule has 1 aliphatic heterocycles. The average molecular weight is 153 g/mol. The van der Waals surface area contributed by atoms with E-state index in [0.29, 0.717) is 0 Å². The highest BCUT2D eigenvalue weighted by atomic mass is 19.4. The van der Waals surface area contributed by atoms with Crippen molar-refractivity contribution in [1.82, 2.24) is 4.90 Å². The zero-order valence-corrected chi connectivity index (χ0v) is 5.78. The van der Waals surface area contributed by atoms with Crippen molar-refractivity contribution in [2.24, 2.45) is 5.92 Å². The van der Waals surface area contributed by atoms with Gasteiger partial charge < -0.3 is 4.90 Å². The van der Waals surface area contributed by atoms with Gasteiger partial charge in [0.15, 0.2) is 0 Å². The Bertz CT molecular complexity index is 115. The van der Waals surface area contributed by atoms with Gasteiger partial charge in [-0.2, -0.15) is 13.2 Å². The Morgan fingerprint density at radius 2 is 1.90 bits per heavy atom. The van der Waals surface area contributed by atoms with Crippen LogP contribution >= 0.6 is 0 Å². The summed E-state index contributed by atoms with van der Waals surface area (Å²) in [6, 6.07) is 0. The van der Waals surface area contributed by atoms with Crippen molar-refractivity contribution >= 4 is 0 Å². The summed E-state index contributed by atoms with van der Waals surface area (Å²) < 4.78 is 35.4. The van der Waals surface area contributed by atoms with Crippen molar-refractivity contribution in [2.75, 3.05) is 19.6 Å². The summed E-state index contributed by atoms with van der Waals surface area (Å²) in [6.45, 7) is 2.99. The van der Waals surface area contributed by atoms with Crippen molar-refractivity contribution in [3.8, 4) is 0 Å². The fourth-order valence-corrected chi connectivity index (χ4v) is 1.04. The number of rotatable bonds is 1. The highest BCUT2D eigenvalue weighted by molar-refractivity contribution is 4.83. The monoisotopic (exact) mass is 153 g/mol. The van der Waals surface area contributed by atoms with Gasteiger partial charge in [-0.1, -0.05) is 6.92 Å². The molecule has 0 aliphatic carbocycles. The van der Waals surface area contributed by atoms with E-state index in [2.05, 4.69) is 0 Å². The first kappa shape index (κ1) is 7.85. The Balaban J connectivity index is 2.26. The highest BCUT2D eigenvalue weighted by Gasteiger charge is 2.46. The number of halogens is 3. The van der Waals surface area contributed by atoms with E-state index in [9.17, 15) is 13.2 Å². The van der Waals surface area contributed by atoms with Crippen molar-refractivity contribution in [3.63, 3.8) is 0 Å². The van der Waals surface area contributed by atoms with Crippen LogP contribution in [0.25, 0.3) is 0 Å². The van der Waals surface area contributed by atoms with Gasteiger partial charge in [0.2, 0.25) is 0 Å². The number of hydrogen-bond acceptors (Lipinski definition) is 1. The first-order chi connectivity index (χ1) is 4.54. The number of nitrogens with zero attached hydrogens (tertiary/aromatic N) is 1. The SMILES string of the molecule is CCN1CC(C(F)(F)F)C1. The van der Waals surface area contributed by atoms with Gasteiger partial charge in [-0.05, 0) is 6.54 Å². The molecule has 0 aromatic rings. The van der Waals surface area contributed by atoms with Crippen molar-refractivity contribution in [3.05, 3.63) is 0 Å². The first-order valence-electron chi connectivity index (χ1n) is 3.33. The Kier molecular flexibility index (Phi) is 1.90. The van der Waals surface area contributed by atoms with Crippen LogP contribution < -0.4 is 0 Å². The number of alkyl halides is 3. The Morgan fingerprint density at radius 3 is 2.20 bits per heavy atom. The second-order valence-electron chi connectivity index (χ2n) is 2.59. The van der Waals surface area contributed by atoms with Crippen LogP contribution in [0, 0.1) is 5.92 Å². The molecule has 0 spiro atoms. The molecule has 60 valence electrons. The lowest BCUT2D eigenvalue weighted by Gasteiger charge is -2.39. The van der Waals surface area contributed by atoms with E-state index >= 15 is 0 Å². The van der Waals surface area contributed by atoms with Crippen LogP contribution in [-0.4, -0.2) is 30.7 Å². The fourth-order valence-electron chi connectivity index (χ4n) is 1.04. The van der Waals surface area contributed by atoms with Crippen LogP contribution in [0.4, 0.5) is 13.2 Å². The molecule has 0 atom stereocenters. The van der Waals surface area contributed by atoms with Gasteiger partial charge in [0.25, 0.3) is 0 Å². The van der Waals surface area contributed by atoms with E-state index < -0.39 is 12.1 Å². The Hall–Kier alpha value is -0.250. The number of hydrogen-bond donors (Lipinski definition) is 0. The molecule has 0 unspecified atom stereocenters. The molecule has 0 radical (unpaired) electrons. The standard InChI is InChI=1S/C6H10F3N/c1-2-10-3-5(4-10)6(7,8)9/h5H,2-4H2,1H3. The molecule has 0 aromatic heterocycles. The summed E-state index contributed by atoms with van der Waals surface area (Å²) in [4.78, 5) is 1.78. The van der Waals surface area contributed by atoms with E-state index in [4.69, 9.17) is 0 Å². The highest BCUT2D eigenvalue weighted by Crippen LogP contribution is 2.32. The molecular formula is C6H10F3N. The lowest BCUT2D eigenvalue weighted by molar-refractivity contribution is -0.208. The summed E-state index contributed by atoms with van der Waals surface area (Å²) in [5.74, 6) is -1.06. The predicted molar refractivity (Wildman–Crippen MR) is 31.7 cm³/mol.